The third-order valence-corrected chi connectivity index (χ3v) is 1.65. The molecule has 0 unspecified atom stereocenters. The van der Waals surface area contributed by atoms with E-state index in [9.17, 15) is 0 Å². The largest absolute Gasteiger partial charge is 0.381 e. The summed E-state index contributed by atoms with van der Waals surface area (Å²) in [6, 6.07) is 0. The van der Waals surface area contributed by atoms with Crippen molar-refractivity contribution in [1.82, 2.24) is 4.90 Å². The highest BCUT2D eigenvalue weighted by atomic mass is 15.1. The van der Waals surface area contributed by atoms with Crippen LogP contribution in [0, 0.1) is 11.8 Å². The zero-order chi connectivity index (χ0) is 9.56. The molecule has 1 heteroatoms. The summed E-state index contributed by atoms with van der Waals surface area (Å²) in [4.78, 5) is 2.07. The summed E-state index contributed by atoms with van der Waals surface area (Å²) in [6.07, 6.45) is 4.10. The fourth-order valence-corrected chi connectivity index (χ4v) is 0.690. The van der Waals surface area contributed by atoms with E-state index in [2.05, 4.69) is 29.7 Å². The summed E-state index contributed by atoms with van der Waals surface area (Å²) in [6.45, 7) is 5.92. The van der Waals surface area contributed by atoms with Crippen molar-refractivity contribution >= 4 is 0 Å². The van der Waals surface area contributed by atoms with Crippen LogP contribution in [0.3, 0.4) is 0 Å². The van der Waals surface area contributed by atoms with Crippen LogP contribution >= 0.6 is 0 Å². The van der Waals surface area contributed by atoms with Gasteiger partial charge in [-0.1, -0.05) is 12.0 Å². The SMILES string of the molecule is CC#CC(=C/C)/C=C(\C)N(C)C. The molecule has 0 aliphatic heterocycles. The van der Waals surface area contributed by atoms with Crippen LogP contribution in [-0.4, -0.2) is 19.0 Å². The third kappa shape index (κ3) is 3.88. The Morgan fingerprint density at radius 2 is 1.92 bits per heavy atom. The summed E-state index contributed by atoms with van der Waals surface area (Å²) < 4.78 is 0. The van der Waals surface area contributed by atoms with Gasteiger partial charge in [-0.05, 0) is 26.8 Å². The molecule has 0 bridgehead atoms. The molecule has 0 aromatic heterocycles. The van der Waals surface area contributed by atoms with Crippen LogP contribution in [0.25, 0.3) is 0 Å². The monoisotopic (exact) mass is 163 g/mol. The van der Waals surface area contributed by atoms with Gasteiger partial charge in [-0.25, -0.2) is 0 Å². The van der Waals surface area contributed by atoms with E-state index >= 15 is 0 Å². The van der Waals surface area contributed by atoms with E-state index in [1.807, 2.05) is 34.0 Å². The van der Waals surface area contributed by atoms with Gasteiger partial charge in [0.15, 0.2) is 0 Å². The topological polar surface area (TPSA) is 3.24 Å². The lowest BCUT2D eigenvalue weighted by molar-refractivity contribution is 0.513. The van der Waals surface area contributed by atoms with E-state index in [0.29, 0.717) is 0 Å². The first kappa shape index (κ1) is 10.8. The minimum Gasteiger partial charge on any atom is -0.381 e. The van der Waals surface area contributed by atoms with E-state index in [0.717, 1.165) is 5.57 Å². The van der Waals surface area contributed by atoms with Crippen LogP contribution in [-0.2, 0) is 0 Å². The van der Waals surface area contributed by atoms with Crippen LogP contribution in [0.1, 0.15) is 20.8 Å². The first-order valence-electron chi connectivity index (χ1n) is 4.06. The number of hydrogen-bond donors (Lipinski definition) is 0. The minimum atomic E-state index is 1.07. The maximum Gasteiger partial charge on any atom is 0.0219 e. The first-order valence-corrected chi connectivity index (χ1v) is 4.06. The van der Waals surface area contributed by atoms with Crippen LogP contribution in [0.4, 0.5) is 0 Å². The molecule has 0 aliphatic rings. The number of rotatable bonds is 2. The molecule has 0 rings (SSSR count). The summed E-state index contributed by atoms with van der Waals surface area (Å²) in [5.74, 6) is 5.91. The Labute approximate surface area is 75.8 Å². The fourth-order valence-electron chi connectivity index (χ4n) is 0.690. The van der Waals surface area contributed by atoms with Crippen molar-refractivity contribution < 1.29 is 0 Å². The van der Waals surface area contributed by atoms with Crippen LogP contribution in [0.5, 0.6) is 0 Å². The van der Waals surface area contributed by atoms with Gasteiger partial charge in [0.25, 0.3) is 0 Å². The molecule has 0 atom stereocenters. The number of allylic oxidation sites excluding steroid dienone is 4. The van der Waals surface area contributed by atoms with Gasteiger partial charge in [0, 0.05) is 25.4 Å². The van der Waals surface area contributed by atoms with E-state index in [1.54, 1.807) is 0 Å². The van der Waals surface area contributed by atoms with E-state index < -0.39 is 0 Å². The maximum absolute atomic E-state index is 3.03. The molecule has 0 saturated carbocycles. The van der Waals surface area contributed by atoms with Crippen molar-refractivity contribution in [3.63, 3.8) is 0 Å². The quantitative estimate of drug-likeness (QED) is 0.446. The molecule has 0 radical (unpaired) electrons. The van der Waals surface area contributed by atoms with E-state index in [1.165, 1.54) is 5.70 Å². The lowest BCUT2D eigenvalue weighted by Crippen LogP contribution is -2.07. The van der Waals surface area contributed by atoms with Crippen molar-refractivity contribution in [2.75, 3.05) is 14.1 Å². The van der Waals surface area contributed by atoms with Crippen molar-refractivity contribution in [2.45, 2.75) is 20.8 Å². The van der Waals surface area contributed by atoms with Crippen LogP contribution < -0.4 is 0 Å². The summed E-state index contributed by atoms with van der Waals surface area (Å²) in [7, 11) is 4.05. The van der Waals surface area contributed by atoms with Gasteiger partial charge in [0.1, 0.15) is 0 Å². The summed E-state index contributed by atoms with van der Waals surface area (Å²) in [5, 5.41) is 0. The number of nitrogens with zero attached hydrogens (tertiary/aromatic N) is 1. The van der Waals surface area contributed by atoms with Gasteiger partial charge >= 0.3 is 0 Å². The van der Waals surface area contributed by atoms with Crippen LogP contribution in [0.15, 0.2) is 23.4 Å². The highest BCUT2D eigenvalue weighted by molar-refractivity contribution is 5.38. The minimum absolute atomic E-state index is 1.07. The lowest BCUT2D eigenvalue weighted by Gasteiger charge is -2.11. The Kier molecular flexibility index (Phi) is 4.96. The van der Waals surface area contributed by atoms with Gasteiger partial charge in [-0.15, -0.1) is 5.92 Å². The molecule has 0 N–H and O–H groups in total. The fraction of sp³-hybridized carbons (Fsp3) is 0.455. The van der Waals surface area contributed by atoms with E-state index in [4.69, 9.17) is 0 Å². The molecule has 1 nitrogen and oxygen atoms in total. The average molecular weight is 163 g/mol. The second kappa shape index (κ2) is 5.49. The van der Waals surface area contributed by atoms with Gasteiger partial charge < -0.3 is 4.90 Å². The second-order valence-electron chi connectivity index (χ2n) is 2.80. The molecular formula is C11H17N. The second-order valence-corrected chi connectivity index (χ2v) is 2.80. The standard InChI is InChI=1S/C11H17N/c1-6-8-11(7-2)9-10(3)12(4)5/h7,9H,1-5H3/b10-9+,11-7-. The Bertz CT molecular complexity index is 246. The Morgan fingerprint density at radius 3 is 2.25 bits per heavy atom. The summed E-state index contributed by atoms with van der Waals surface area (Å²) >= 11 is 0. The predicted molar refractivity (Wildman–Crippen MR) is 54.7 cm³/mol. The molecule has 0 aromatic carbocycles. The zero-order valence-corrected chi connectivity index (χ0v) is 8.60. The molecule has 0 saturated heterocycles. The predicted octanol–water partition coefficient (Wildman–Crippen LogP) is 2.42. The number of hydrogen-bond acceptors (Lipinski definition) is 1. The molecule has 0 amide bonds. The molecule has 0 aliphatic carbocycles. The smallest absolute Gasteiger partial charge is 0.0219 e. The zero-order valence-electron chi connectivity index (χ0n) is 8.60. The van der Waals surface area contributed by atoms with Crippen LogP contribution in [0.2, 0.25) is 0 Å². The summed E-state index contributed by atoms with van der Waals surface area (Å²) in [5.41, 5.74) is 2.29. The molecule has 0 fully saturated rings. The highest BCUT2D eigenvalue weighted by Crippen LogP contribution is 2.02. The molecule has 0 spiro atoms. The third-order valence-electron chi connectivity index (χ3n) is 1.65. The Balaban J connectivity index is 4.56. The van der Waals surface area contributed by atoms with Gasteiger partial charge in [-0.3, -0.25) is 0 Å². The van der Waals surface area contributed by atoms with Crippen molar-refractivity contribution in [3.05, 3.63) is 23.4 Å². The van der Waals surface area contributed by atoms with Crippen molar-refractivity contribution in [3.8, 4) is 11.8 Å². The molecule has 0 aromatic rings. The first-order chi connectivity index (χ1) is 5.61. The Morgan fingerprint density at radius 1 is 1.33 bits per heavy atom. The van der Waals surface area contributed by atoms with Gasteiger partial charge in [0.2, 0.25) is 0 Å². The highest BCUT2D eigenvalue weighted by Gasteiger charge is 1.91. The van der Waals surface area contributed by atoms with Crippen molar-refractivity contribution in [2.24, 2.45) is 0 Å². The van der Waals surface area contributed by atoms with E-state index in [-0.39, 0.29) is 0 Å². The lowest BCUT2D eigenvalue weighted by atomic mass is 10.2. The van der Waals surface area contributed by atoms with Crippen molar-refractivity contribution in [1.29, 1.82) is 0 Å². The molecule has 0 heterocycles. The maximum atomic E-state index is 3.03. The molecular weight excluding hydrogens is 146 g/mol. The normalized spacial score (nSPS) is 12.1. The van der Waals surface area contributed by atoms with Gasteiger partial charge in [-0.2, -0.15) is 0 Å². The van der Waals surface area contributed by atoms with Gasteiger partial charge in [0.05, 0.1) is 0 Å². The molecule has 66 valence electrons. The Hall–Kier alpha value is -1.16. The molecule has 12 heavy (non-hydrogen) atoms. The average Bonchev–Trinajstić information content (AvgIpc) is 2.03.